The van der Waals surface area contributed by atoms with E-state index in [0.29, 0.717) is 13.0 Å². The zero-order valence-electron chi connectivity index (χ0n) is 9.28. The minimum atomic E-state index is -0.995. The first kappa shape index (κ1) is 11.7. The predicted octanol–water partition coefficient (Wildman–Crippen LogP) is 1.22. The molecule has 3 N–H and O–H groups in total. The Balaban J connectivity index is 2.22. The van der Waals surface area contributed by atoms with Crippen LogP contribution in [0.3, 0.4) is 0 Å². The van der Waals surface area contributed by atoms with Gasteiger partial charge in [-0.25, -0.2) is 4.79 Å². The van der Waals surface area contributed by atoms with Gasteiger partial charge in [0, 0.05) is 12.5 Å². The van der Waals surface area contributed by atoms with Crippen LogP contribution >= 0.6 is 0 Å². The van der Waals surface area contributed by atoms with Crippen molar-refractivity contribution in [1.29, 1.82) is 0 Å². The van der Waals surface area contributed by atoms with E-state index in [2.05, 4.69) is 0 Å². The second-order valence-corrected chi connectivity index (χ2v) is 4.21. The summed E-state index contributed by atoms with van der Waals surface area (Å²) in [5, 5.41) is 27.5. The van der Waals surface area contributed by atoms with Crippen molar-refractivity contribution in [3.63, 3.8) is 0 Å². The molecule has 0 radical (unpaired) electrons. The van der Waals surface area contributed by atoms with Crippen LogP contribution in [0.1, 0.15) is 17.9 Å². The molecule has 1 aliphatic heterocycles. The van der Waals surface area contributed by atoms with Gasteiger partial charge in [-0.05, 0) is 24.1 Å². The monoisotopic (exact) mass is 237 g/mol. The van der Waals surface area contributed by atoms with Gasteiger partial charge in [-0.1, -0.05) is 12.1 Å². The van der Waals surface area contributed by atoms with Crippen molar-refractivity contribution in [3.8, 4) is 5.75 Å². The molecule has 2 rings (SSSR count). The second kappa shape index (κ2) is 4.63. The highest BCUT2D eigenvalue weighted by atomic mass is 16.4. The maximum atomic E-state index is 11.0. The fourth-order valence-corrected chi connectivity index (χ4v) is 2.43. The molecule has 1 fully saturated rings. The van der Waals surface area contributed by atoms with E-state index in [1.165, 1.54) is 4.90 Å². The Bertz CT molecular complexity index is 403. The van der Waals surface area contributed by atoms with Crippen molar-refractivity contribution in [1.82, 2.24) is 4.90 Å². The third-order valence-electron chi connectivity index (χ3n) is 3.30. The average Bonchev–Trinajstić information content (AvgIpc) is 2.73. The smallest absolute Gasteiger partial charge is 0.407 e. The van der Waals surface area contributed by atoms with Crippen molar-refractivity contribution in [2.75, 3.05) is 13.2 Å². The molecule has 1 heterocycles. The predicted molar refractivity (Wildman–Crippen MR) is 61.1 cm³/mol. The number of benzene rings is 1. The highest BCUT2D eigenvalue weighted by Gasteiger charge is 2.37. The molecule has 1 aromatic carbocycles. The van der Waals surface area contributed by atoms with Crippen molar-refractivity contribution in [2.24, 2.45) is 0 Å². The summed E-state index contributed by atoms with van der Waals surface area (Å²) in [7, 11) is 0. The number of aliphatic hydroxyl groups is 1. The number of hydrogen-bond acceptors (Lipinski definition) is 3. The van der Waals surface area contributed by atoms with Gasteiger partial charge in [0.15, 0.2) is 0 Å². The zero-order chi connectivity index (χ0) is 12.4. The Morgan fingerprint density at radius 3 is 2.53 bits per heavy atom. The molecular weight excluding hydrogens is 222 g/mol. The van der Waals surface area contributed by atoms with Crippen LogP contribution in [0, 0.1) is 0 Å². The lowest BCUT2D eigenvalue weighted by molar-refractivity contribution is 0.114. The van der Waals surface area contributed by atoms with Crippen molar-refractivity contribution >= 4 is 6.09 Å². The van der Waals surface area contributed by atoms with Crippen LogP contribution in [0.15, 0.2) is 24.3 Å². The van der Waals surface area contributed by atoms with Crippen molar-refractivity contribution in [2.45, 2.75) is 18.4 Å². The zero-order valence-corrected chi connectivity index (χ0v) is 9.28. The number of hydrogen-bond donors (Lipinski definition) is 3. The number of carbonyl (C=O) groups is 1. The summed E-state index contributed by atoms with van der Waals surface area (Å²) in [6.45, 7) is 0.254. The molecule has 0 bridgehead atoms. The summed E-state index contributed by atoms with van der Waals surface area (Å²) in [5.74, 6) is 0.180. The molecule has 0 saturated carbocycles. The average molecular weight is 237 g/mol. The maximum Gasteiger partial charge on any atom is 0.407 e. The molecule has 1 aromatic rings. The van der Waals surface area contributed by atoms with E-state index in [9.17, 15) is 15.0 Å². The molecule has 1 amide bonds. The van der Waals surface area contributed by atoms with Crippen LogP contribution < -0.4 is 0 Å². The molecule has 5 heteroatoms. The molecule has 2 atom stereocenters. The van der Waals surface area contributed by atoms with Crippen molar-refractivity contribution in [3.05, 3.63) is 29.8 Å². The van der Waals surface area contributed by atoms with E-state index >= 15 is 0 Å². The number of amides is 1. The summed E-state index contributed by atoms with van der Waals surface area (Å²) in [5.41, 5.74) is 0.950. The Labute approximate surface area is 98.9 Å². The molecule has 92 valence electrons. The lowest BCUT2D eigenvalue weighted by Gasteiger charge is -2.24. The van der Waals surface area contributed by atoms with Crippen LogP contribution in [-0.2, 0) is 0 Å². The molecule has 0 unspecified atom stereocenters. The summed E-state index contributed by atoms with van der Waals surface area (Å²) in [6.07, 6.45) is -0.298. The summed E-state index contributed by atoms with van der Waals surface area (Å²) in [4.78, 5) is 12.3. The Morgan fingerprint density at radius 2 is 2.00 bits per heavy atom. The van der Waals surface area contributed by atoms with Crippen LogP contribution in [0.2, 0.25) is 0 Å². The van der Waals surface area contributed by atoms with Gasteiger partial charge in [0.25, 0.3) is 0 Å². The molecule has 1 aliphatic rings. The number of phenols is 1. The lowest BCUT2D eigenvalue weighted by Crippen LogP contribution is -2.38. The number of rotatable bonds is 2. The fourth-order valence-electron chi connectivity index (χ4n) is 2.43. The van der Waals surface area contributed by atoms with Crippen LogP contribution in [-0.4, -0.2) is 45.5 Å². The fraction of sp³-hybridized carbons (Fsp3) is 0.417. The van der Waals surface area contributed by atoms with E-state index in [-0.39, 0.29) is 18.3 Å². The first-order chi connectivity index (χ1) is 8.13. The van der Waals surface area contributed by atoms with E-state index in [4.69, 9.17) is 5.11 Å². The Hall–Kier alpha value is -1.75. The maximum absolute atomic E-state index is 11.0. The first-order valence-electron chi connectivity index (χ1n) is 5.53. The van der Waals surface area contributed by atoms with Gasteiger partial charge >= 0.3 is 6.09 Å². The molecule has 0 aromatic heterocycles. The van der Waals surface area contributed by atoms with Gasteiger partial charge < -0.3 is 20.2 Å². The van der Waals surface area contributed by atoms with E-state index < -0.39 is 12.1 Å². The van der Waals surface area contributed by atoms with Crippen LogP contribution in [0.5, 0.6) is 5.75 Å². The minimum absolute atomic E-state index is 0.00306. The van der Waals surface area contributed by atoms with E-state index in [1.54, 1.807) is 24.3 Å². The van der Waals surface area contributed by atoms with Gasteiger partial charge in [0.05, 0.1) is 12.6 Å². The van der Waals surface area contributed by atoms with Gasteiger partial charge in [-0.15, -0.1) is 0 Å². The normalized spacial score (nSPS) is 23.9. The molecule has 5 nitrogen and oxygen atoms in total. The lowest BCUT2D eigenvalue weighted by atomic mass is 9.92. The number of carboxylic acid groups (broad SMARTS) is 1. The largest absolute Gasteiger partial charge is 0.508 e. The molecular formula is C12H15NO4. The van der Waals surface area contributed by atoms with Gasteiger partial charge in [0.1, 0.15) is 5.75 Å². The topological polar surface area (TPSA) is 81.0 Å². The van der Waals surface area contributed by atoms with Crippen LogP contribution in [0.4, 0.5) is 4.79 Å². The number of phenolic OH excluding ortho intramolecular Hbond substituents is 1. The second-order valence-electron chi connectivity index (χ2n) is 4.21. The molecule has 0 spiro atoms. The number of likely N-dealkylation sites (tertiary alicyclic amines) is 1. The van der Waals surface area contributed by atoms with Gasteiger partial charge in [0.2, 0.25) is 0 Å². The Kier molecular flexibility index (Phi) is 3.19. The quantitative estimate of drug-likeness (QED) is 0.722. The number of aliphatic hydroxyl groups excluding tert-OH is 1. The van der Waals surface area contributed by atoms with Gasteiger partial charge in [-0.3, -0.25) is 0 Å². The minimum Gasteiger partial charge on any atom is -0.508 e. The highest BCUT2D eigenvalue weighted by molar-refractivity contribution is 5.66. The summed E-state index contributed by atoms with van der Waals surface area (Å²) < 4.78 is 0. The van der Waals surface area contributed by atoms with E-state index in [1.807, 2.05) is 0 Å². The van der Waals surface area contributed by atoms with Gasteiger partial charge in [-0.2, -0.15) is 0 Å². The SMILES string of the molecule is O=C(O)N1CC[C@H](c2ccc(O)cc2)[C@@H]1CO. The van der Waals surface area contributed by atoms with E-state index in [0.717, 1.165) is 5.56 Å². The van der Waals surface area contributed by atoms with Crippen molar-refractivity contribution < 1.29 is 20.1 Å². The summed E-state index contributed by atoms with van der Waals surface area (Å²) in [6, 6.07) is 6.31. The summed E-state index contributed by atoms with van der Waals surface area (Å²) >= 11 is 0. The molecule has 1 saturated heterocycles. The molecule has 17 heavy (non-hydrogen) atoms. The number of aromatic hydroxyl groups is 1. The van der Waals surface area contributed by atoms with Crippen LogP contribution in [0.25, 0.3) is 0 Å². The molecule has 0 aliphatic carbocycles. The first-order valence-corrected chi connectivity index (χ1v) is 5.53. The number of nitrogens with zero attached hydrogens (tertiary/aromatic N) is 1. The third-order valence-corrected chi connectivity index (χ3v) is 3.30. The third kappa shape index (κ3) is 2.19. The highest BCUT2D eigenvalue weighted by Crippen LogP contribution is 2.33. The Morgan fingerprint density at radius 1 is 1.35 bits per heavy atom. The standard InChI is InChI=1S/C12H15NO4/c14-7-11-10(5-6-13(11)12(16)17)8-1-3-9(15)4-2-8/h1-4,10-11,14-15H,5-7H2,(H,16,17)/t10-,11+/m1/s1.